The number of aliphatic hydroxyl groups is 1. The number of nitrogens with zero attached hydrogens (tertiary/aromatic N) is 2. The molecule has 6 heteroatoms. The van der Waals surface area contributed by atoms with Crippen LogP contribution in [0.15, 0.2) is 65.7 Å². The summed E-state index contributed by atoms with van der Waals surface area (Å²) < 4.78 is 7.78. The van der Waals surface area contributed by atoms with Crippen LogP contribution in [0, 0.1) is 6.92 Å². The Balaban J connectivity index is 1.35. The highest BCUT2D eigenvalue weighted by molar-refractivity contribution is 7.18. The lowest BCUT2D eigenvalue weighted by Crippen LogP contribution is -2.30. The van der Waals surface area contributed by atoms with E-state index >= 15 is 0 Å². The van der Waals surface area contributed by atoms with E-state index < -0.39 is 6.10 Å². The van der Waals surface area contributed by atoms with Gasteiger partial charge in [-0.3, -0.25) is 9.36 Å². The summed E-state index contributed by atoms with van der Waals surface area (Å²) in [6.45, 7) is 2.33. The lowest BCUT2D eigenvalue weighted by atomic mass is 9.97. The van der Waals surface area contributed by atoms with Gasteiger partial charge in [0, 0.05) is 4.88 Å². The predicted molar refractivity (Wildman–Crippen MR) is 132 cm³/mol. The first-order valence-electron chi connectivity index (χ1n) is 11.5. The Morgan fingerprint density at radius 3 is 2.67 bits per heavy atom. The van der Waals surface area contributed by atoms with Gasteiger partial charge in [-0.15, -0.1) is 11.3 Å². The van der Waals surface area contributed by atoms with Crippen LogP contribution in [0.4, 0.5) is 0 Å². The highest BCUT2D eigenvalue weighted by Gasteiger charge is 2.22. The number of hydrogen-bond donors (Lipinski definition) is 1. The second-order valence-electron chi connectivity index (χ2n) is 8.73. The SMILES string of the molecule is Cc1ccccc1[C@@H](OC[C@H](O)Cn1cnc2sc3c(c2c1=O)CCCC3)c1ccccc1. The van der Waals surface area contributed by atoms with E-state index in [9.17, 15) is 9.90 Å². The van der Waals surface area contributed by atoms with E-state index in [4.69, 9.17) is 4.74 Å². The first kappa shape index (κ1) is 22.0. The Labute approximate surface area is 197 Å². The summed E-state index contributed by atoms with van der Waals surface area (Å²) >= 11 is 1.64. The van der Waals surface area contributed by atoms with Crippen molar-refractivity contribution in [2.45, 2.75) is 51.4 Å². The smallest absolute Gasteiger partial charge is 0.262 e. The predicted octanol–water partition coefficient (Wildman–Crippen LogP) is 4.81. The van der Waals surface area contributed by atoms with Crippen molar-refractivity contribution in [1.82, 2.24) is 9.55 Å². The maximum absolute atomic E-state index is 13.2. The van der Waals surface area contributed by atoms with Crippen LogP contribution in [0.25, 0.3) is 10.2 Å². The van der Waals surface area contributed by atoms with Gasteiger partial charge < -0.3 is 9.84 Å². The highest BCUT2D eigenvalue weighted by atomic mass is 32.1. The van der Waals surface area contributed by atoms with Crippen LogP contribution in [0.5, 0.6) is 0 Å². The molecule has 33 heavy (non-hydrogen) atoms. The van der Waals surface area contributed by atoms with Crippen molar-refractivity contribution < 1.29 is 9.84 Å². The topological polar surface area (TPSA) is 64.3 Å². The standard InChI is InChI=1S/C27H28N2O3S/c1-18-9-5-6-12-21(18)25(19-10-3-2-4-11-19)32-16-20(30)15-29-17-28-26-24(27(29)31)22-13-7-8-14-23(22)33-26/h2-6,9-12,17,20,25,30H,7-8,13-16H2,1H3/t20-,25+/m1/s1. The summed E-state index contributed by atoms with van der Waals surface area (Å²) in [7, 11) is 0. The van der Waals surface area contributed by atoms with Gasteiger partial charge in [-0.1, -0.05) is 54.6 Å². The van der Waals surface area contributed by atoms with E-state index in [-0.39, 0.29) is 24.8 Å². The number of aromatic nitrogens is 2. The number of benzene rings is 2. The molecule has 0 bridgehead atoms. The number of thiophene rings is 1. The minimum atomic E-state index is -0.827. The molecule has 2 heterocycles. The molecule has 4 aromatic rings. The summed E-state index contributed by atoms with van der Waals surface area (Å²) in [5.74, 6) is 0. The van der Waals surface area contributed by atoms with Crippen LogP contribution in [0.1, 0.15) is 46.1 Å². The molecule has 170 valence electrons. The second-order valence-corrected chi connectivity index (χ2v) is 9.81. The van der Waals surface area contributed by atoms with Crippen LogP contribution >= 0.6 is 11.3 Å². The molecule has 2 atom stereocenters. The molecule has 0 saturated carbocycles. The van der Waals surface area contributed by atoms with Crippen molar-refractivity contribution in [3.8, 4) is 0 Å². The molecule has 5 rings (SSSR count). The fourth-order valence-corrected chi connectivity index (χ4v) is 5.89. The fraction of sp³-hybridized carbons (Fsp3) is 0.333. The van der Waals surface area contributed by atoms with Crippen LogP contribution in [-0.4, -0.2) is 27.4 Å². The quantitative estimate of drug-likeness (QED) is 0.430. The summed E-state index contributed by atoms with van der Waals surface area (Å²) in [5, 5.41) is 11.5. The van der Waals surface area contributed by atoms with Gasteiger partial charge in [0.1, 0.15) is 10.9 Å². The first-order chi connectivity index (χ1) is 16.1. The maximum atomic E-state index is 13.2. The van der Waals surface area contributed by atoms with Crippen molar-refractivity contribution >= 4 is 21.6 Å². The molecule has 1 aliphatic rings. The number of ether oxygens (including phenoxy) is 1. The van der Waals surface area contributed by atoms with Crippen LogP contribution < -0.4 is 5.56 Å². The molecule has 1 N–H and O–H groups in total. The van der Waals surface area contributed by atoms with Gasteiger partial charge in [0.05, 0.1) is 31.0 Å². The molecule has 0 spiro atoms. The largest absolute Gasteiger partial charge is 0.389 e. The molecule has 0 amide bonds. The Hall–Kier alpha value is -2.80. The zero-order chi connectivity index (χ0) is 22.8. The van der Waals surface area contributed by atoms with E-state index in [0.29, 0.717) is 0 Å². The molecule has 2 aromatic carbocycles. The lowest BCUT2D eigenvalue weighted by molar-refractivity contribution is -0.00118. The lowest BCUT2D eigenvalue weighted by Gasteiger charge is -2.23. The molecular formula is C27H28N2O3S. The summed E-state index contributed by atoms with van der Waals surface area (Å²) in [6, 6.07) is 18.1. The molecule has 0 radical (unpaired) electrons. The van der Waals surface area contributed by atoms with Crippen molar-refractivity contribution in [1.29, 1.82) is 0 Å². The first-order valence-corrected chi connectivity index (χ1v) is 12.3. The molecular weight excluding hydrogens is 432 g/mol. The van der Waals surface area contributed by atoms with Gasteiger partial charge >= 0.3 is 0 Å². The number of aliphatic hydroxyl groups excluding tert-OH is 1. The van der Waals surface area contributed by atoms with Gasteiger partial charge in [-0.25, -0.2) is 4.98 Å². The van der Waals surface area contributed by atoms with Crippen LogP contribution in [-0.2, 0) is 24.1 Å². The number of hydrogen-bond acceptors (Lipinski definition) is 5. The van der Waals surface area contributed by atoms with Crippen LogP contribution in [0.2, 0.25) is 0 Å². The average molecular weight is 461 g/mol. The van der Waals surface area contributed by atoms with Gasteiger partial charge in [-0.05, 0) is 54.9 Å². The molecule has 1 aliphatic carbocycles. The summed E-state index contributed by atoms with van der Waals surface area (Å²) in [6.07, 6.45) is 4.71. The third-order valence-electron chi connectivity index (χ3n) is 6.38. The molecule has 0 saturated heterocycles. The molecule has 0 aliphatic heterocycles. The van der Waals surface area contributed by atoms with E-state index in [1.165, 1.54) is 21.4 Å². The Morgan fingerprint density at radius 1 is 1.09 bits per heavy atom. The normalized spacial score (nSPS) is 15.3. The Kier molecular flexibility index (Phi) is 6.40. The molecule has 5 nitrogen and oxygen atoms in total. The number of aryl methyl sites for hydroxylation is 3. The Morgan fingerprint density at radius 2 is 1.85 bits per heavy atom. The van der Waals surface area contributed by atoms with Crippen LogP contribution in [0.3, 0.4) is 0 Å². The van der Waals surface area contributed by atoms with Crippen molar-refractivity contribution in [3.63, 3.8) is 0 Å². The van der Waals surface area contributed by atoms with E-state index in [1.807, 2.05) is 42.5 Å². The van der Waals surface area contributed by atoms with E-state index in [0.717, 1.165) is 46.2 Å². The van der Waals surface area contributed by atoms with Gasteiger partial charge in [0.2, 0.25) is 0 Å². The average Bonchev–Trinajstić information content (AvgIpc) is 3.22. The van der Waals surface area contributed by atoms with Gasteiger partial charge in [0.15, 0.2) is 0 Å². The molecule has 2 aromatic heterocycles. The fourth-order valence-electron chi connectivity index (χ4n) is 4.67. The van der Waals surface area contributed by atoms with Crippen molar-refractivity contribution in [2.24, 2.45) is 0 Å². The van der Waals surface area contributed by atoms with Gasteiger partial charge in [-0.2, -0.15) is 0 Å². The van der Waals surface area contributed by atoms with E-state index in [1.54, 1.807) is 17.7 Å². The highest BCUT2D eigenvalue weighted by Crippen LogP contribution is 2.33. The minimum Gasteiger partial charge on any atom is -0.389 e. The number of fused-ring (bicyclic) bond motifs is 3. The zero-order valence-electron chi connectivity index (χ0n) is 18.7. The third-order valence-corrected chi connectivity index (χ3v) is 7.58. The van der Waals surface area contributed by atoms with Crippen molar-refractivity contribution in [2.75, 3.05) is 6.61 Å². The van der Waals surface area contributed by atoms with E-state index in [2.05, 4.69) is 24.0 Å². The zero-order valence-corrected chi connectivity index (χ0v) is 19.6. The summed E-state index contributed by atoms with van der Waals surface area (Å²) in [4.78, 5) is 19.8. The number of rotatable bonds is 7. The maximum Gasteiger partial charge on any atom is 0.262 e. The van der Waals surface area contributed by atoms with Gasteiger partial charge in [0.25, 0.3) is 5.56 Å². The molecule has 0 unspecified atom stereocenters. The monoisotopic (exact) mass is 460 g/mol. The molecule has 0 fully saturated rings. The third kappa shape index (κ3) is 4.51. The Bertz CT molecular complexity index is 1310. The van der Waals surface area contributed by atoms with Crippen molar-refractivity contribution in [3.05, 3.63) is 98.4 Å². The minimum absolute atomic E-state index is 0.0584. The summed E-state index contributed by atoms with van der Waals surface area (Å²) in [5.41, 5.74) is 4.35. The second kappa shape index (κ2) is 9.59.